The molecule has 5 atom stereocenters. The fourth-order valence-corrected chi connectivity index (χ4v) is 5.64. The highest BCUT2D eigenvalue weighted by Gasteiger charge is 2.80. The molecule has 142 valence electrons. The van der Waals surface area contributed by atoms with E-state index in [1.165, 1.54) is 7.11 Å². The first-order valence-corrected chi connectivity index (χ1v) is 9.03. The van der Waals surface area contributed by atoms with Crippen molar-refractivity contribution < 1.29 is 33.7 Å². The number of hydrogen-bond acceptors (Lipinski definition) is 6. The summed E-state index contributed by atoms with van der Waals surface area (Å²) in [7, 11) is 1.33. The van der Waals surface area contributed by atoms with E-state index in [4.69, 9.17) is 14.2 Å². The molecule has 0 aromatic carbocycles. The van der Waals surface area contributed by atoms with Crippen LogP contribution in [0, 0.1) is 16.7 Å². The lowest BCUT2D eigenvalue weighted by molar-refractivity contribution is -0.180. The smallest absolute Gasteiger partial charge is 0.348 e. The Balaban J connectivity index is 1.89. The molecular weight excluding hydrogens is 340 g/mol. The summed E-state index contributed by atoms with van der Waals surface area (Å²) in [5.74, 6) is -2.46. The van der Waals surface area contributed by atoms with Gasteiger partial charge in [0.25, 0.3) is 0 Å². The predicted molar refractivity (Wildman–Crippen MR) is 88.0 cm³/mol. The van der Waals surface area contributed by atoms with Crippen LogP contribution in [0.4, 0.5) is 0 Å². The van der Waals surface area contributed by atoms with Crippen molar-refractivity contribution in [2.75, 3.05) is 7.11 Å². The van der Waals surface area contributed by atoms with Gasteiger partial charge < -0.3 is 19.3 Å². The monoisotopic (exact) mass is 364 g/mol. The number of hydrogen-bond donors (Lipinski definition) is 1. The van der Waals surface area contributed by atoms with Gasteiger partial charge in [-0.05, 0) is 26.2 Å². The number of esters is 2. The van der Waals surface area contributed by atoms with Crippen LogP contribution < -0.4 is 0 Å². The minimum Gasteiger partial charge on any atom is -0.478 e. The highest BCUT2D eigenvalue weighted by molar-refractivity contribution is 5.95. The Morgan fingerprint density at radius 1 is 1.23 bits per heavy atom. The molecular formula is C19H24O7. The average Bonchev–Trinajstić information content (AvgIpc) is 3.09. The standard InChI is InChI=1S/C19H24O7/c1-17(2)18(3)11(8-19(17,15(21)22)26-16(18)23)10-7-9-5-6-12(25-9)13(10)14(20)24-4/h9,11-12H,5-8H2,1-4H3,(H,21,22)/t9?,11?,12-,18?,19-/m0/s1. The third kappa shape index (κ3) is 1.75. The molecule has 3 fully saturated rings. The molecule has 0 amide bonds. The lowest BCUT2D eigenvalue weighted by Crippen LogP contribution is -2.47. The molecule has 0 aromatic heterocycles. The van der Waals surface area contributed by atoms with Crippen LogP contribution >= 0.6 is 0 Å². The van der Waals surface area contributed by atoms with Gasteiger partial charge in [0.15, 0.2) is 0 Å². The number of ether oxygens (including phenoxy) is 3. The molecule has 3 heterocycles. The maximum atomic E-state index is 12.8. The summed E-state index contributed by atoms with van der Waals surface area (Å²) in [5.41, 5.74) is -2.19. The van der Waals surface area contributed by atoms with Crippen LogP contribution in [-0.2, 0) is 28.6 Å². The van der Waals surface area contributed by atoms with Crippen molar-refractivity contribution in [1.29, 1.82) is 0 Å². The van der Waals surface area contributed by atoms with E-state index in [9.17, 15) is 19.5 Å². The molecule has 1 aliphatic carbocycles. The number of carboxylic acids is 1. The summed E-state index contributed by atoms with van der Waals surface area (Å²) in [6, 6.07) is 0. The number of carboxylic acid groups (broad SMARTS) is 1. The van der Waals surface area contributed by atoms with E-state index in [-0.39, 0.29) is 24.5 Å². The predicted octanol–water partition coefficient (Wildman–Crippen LogP) is 1.84. The third-order valence-electron chi connectivity index (χ3n) is 7.58. The Labute approximate surface area is 151 Å². The SMILES string of the molecule is COC(=O)C1=C(C2C[C@@]3(C(=O)O)OC(=O)C2(C)C3(C)C)CC2CC[C@@H]1O2. The fraction of sp³-hybridized carbons (Fsp3) is 0.737. The molecule has 3 unspecified atom stereocenters. The van der Waals surface area contributed by atoms with Gasteiger partial charge in [-0.15, -0.1) is 0 Å². The van der Waals surface area contributed by atoms with Gasteiger partial charge >= 0.3 is 17.9 Å². The summed E-state index contributed by atoms with van der Waals surface area (Å²) in [6.07, 6.45) is 1.95. The lowest BCUT2D eigenvalue weighted by atomic mass is 9.62. The van der Waals surface area contributed by atoms with Crippen molar-refractivity contribution in [3.63, 3.8) is 0 Å². The zero-order valence-corrected chi connectivity index (χ0v) is 15.5. The number of carbonyl (C=O) groups excluding carboxylic acids is 2. The molecule has 2 saturated heterocycles. The highest BCUT2D eigenvalue weighted by Crippen LogP contribution is 2.70. The molecule has 3 aliphatic heterocycles. The molecule has 4 rings (SSSR count). The molecule has 7 heteroatoms. The zero-order valence-electron chi connectivity index (χ0n) is 15.5. The Kier molecular flexibility index (Phi) is 3.43. The van der Waals surface area contributed by atoms with E-state index < -0.39 is 34.3 Å². The third-order valence-corrected chi connectivity index (χ3v) is 7.58. The van der Waals surface area contributed by atoms with E-state index >= 15 is 0 Å². The topological polar surface area (TPSA) is 99.1 Å². The van der Waals surface area contributed by atoms with Gasteiger partial charge in [0.05, 0.1) is 30.3 Å². The summed E-state index contributed by atoms with van der Waals surface area (Å²) in [4.78, 5) is 37.4. The van der Waals surface area contributed by atoms with E-state index in [1.807, 2.05) is 0 Å². The van der Waals surface area contributed by atoms with Gasteiger partial charge in [-0.2, -0.15) is 0 Å². The van der Waals surface area contributed by atoms with Crippen LogP contribution in [0.25, 0.3) is 0 Å². The second-order valence-corrected chi connectivity index (χ2v) is 8.56. The molecule has 1 N–H and O–H groups in total. The maximum Gasteiger partial charge on any atom is 0.348 e. The number of aliphatic carboxylic acids is 1. The largest absolute Gasteiger partial charge is 0.478 e. The Bertz CT molecular complexity index is 751. The summed E-state index contributed by atoms with van der Waals surface area (Å²) >= 11 is 0. The summed E-state index contributed by atoms with van der Waals surface area (Å²) in [5, 5.41) is 9.90. The van der Waals surface area contributed by atoms with E-state index in [0.29, 0.717) is 12.0 Å². The van der Waals surface area contributed by atoms with Gasteiger partial charge in [-0.25, -0.2) is 9.59 Å². The van der Waals surface area contributed by atoms with Crippen LogP contribution in [0.5, 0.6) is 0 Å². The van der Waals surface area contributed by atoms with Crippen molar-refractivity contribution in [2.45, 2.75) is 64.3 Å². The van der Waals surface area contributed by atoms with Crippen molar-refractivity contribution in [2.24, 2.45) is 16.7 Å². The van der Waals surface area contributed by atoms with Crippen LogP contribution in [0.2, 0.25) is 0 Å². The fourth-order valence-electron chi connectivity index (χ4n) is 5.64. The highest BCUT2D eigenvalue weighted by atomic mass is 16.6. The van der Waals surface area contributed by atoms with Crippen molar-refractivity contribution in [1.82, 2.24) is 0 Å². The van der Waals surface area contributed by atoms with Crippen LogP contribution in [-0.4, -0.2) is 47.9 Å². The Morgan fingerprint density at radius 3 is 2.50 bits per heavy atom. The number of rotatable bonds is 3. The first kappa shape index (κ1) is 17.5. The Morgan fingerprint density at radius 2 is 1.92 bits per heavy atom. The average molecular weight is 364 g/mol. The van der Waals surface area contributed by atoms with Gasteiger partial charge in [0.1, 0.15) is 0 Å². The van der Waals surface area contributed by atoms with E-state index in [1.54, 1.807) is 20.8 Å². The summed E-state index contributed by atoms with van der Waals surface area (Å²) < 4.78 is 16.3. The second kappa shape index (κ2) is 5.09. The van der Waals surface area contributed by atoms with Crippen molar-refractivity contribution in [3.05, 3.63) is 11.1 Å². The molecule has 0 spiro atoms. The van der Waals surface area contributed by atoms with Gasteiger partial charge in [0.2, 0.25) is 5.60 Å². The lowest BCUT2D eigenvalue weighted by Gasteiger charge is -2.38. The molecule has 1 saturated carbocycles. The first-order valence-electron chi connectivity index (χ1n) is 9.03. The van der Waals surface area contributed by atoms with Crippen molar-refractivity contribution in [3.8, 4) is 0 Å². The first-order chi connectivity index (χ1) is 12.1. The maximum absolute atomic E-state index is 12.8. The van der Waals surface area contributed by atoms with Gasteiger partial charge in [-0.1, -0.05) is 19.4 Å². The van der Waals surface area contributed by atoms with Gasteiger partial charge in [-0.3, -0.25) is 4.79 Å². The number of fused-ring (bicyclic) bond motifs is 4. The number of methoxy groups -OCH3 is 1. The molecule has 0 aromatic rings. The quantitative estimate of drug-likeness (QED) is 0.763. The molecule has 26 heavy (non-hydrogen) atoms. The zero-order chi connectivity index (χ0) is 19.1. The molecule has 4 bridgehead atoms. The molecule has 4 aliphatic rings. The number of carbonyl (C=O) groups is 3. The van der Waals surface area contributed by atoms with Crippen LogP contribution in [0.15, 0.2) is 11.1 Å². The van der Waals surface area contributed by atoms with E-state index in [2.05, 4.69) is 0 Å². The van der Waals surface area contributed by atoms with Gasteiger partial charge in [0, 0.05) is 17.8 Å². The minimum atomic E-state index is -1.57. The second-order valence-electron chi connectivity index (χ2n) is 8.56. The minimum absolute atomic E-state index is 0.00560. The van der Waals surface area contributed by atoms with Crippen LogP contribution in [0.1, 0.15) is 46.5 Å². The normalized spacial score (nSPS) is 42.8. The van der Waals surface area contributed by atoms with E-state index in [0.717, 1.165) is 18.4 Å². The van der Waals surface area contributed by atoms with Crippen LogP contribution in [0.3, 0.4) is 0 Å². The van der Waals surface area contributed by atoms with Crippen molar-refractivity contribution >= 4 is 17.9 Å². The molecule has 0 radical (unpaired) electrons. The Hall–Kier alpha value is -1.89. The molecule has 7 nitrogen and oxygen atoms in total. The summed E-state index contributed by atoms with van der Waals surface area (Å²) in [6.45, 7) is 5.33.